The molecule has 0 bridgehead atoms. The molecule has 2 saturated heterocycles. The normalized spacial score (nSPS) is 53.8. The lowest BCUT2D eigenvalue weighted by Crippen LogP contribution is -2.43. The van der Waals surface area contributed by atoms with Gasteiger partial charge in [-0.3, -0.25) is 4.90 Å². The van der Waals surface area contributed by atoms with E-state index in [0.29, 0.717) is 6.42 Å². The fourth-order valence-corrected chi connectivity index (χ4v) is 2.86. The monoisotopic (exact) mass is 203 g/mol. The number of nitrogens with zero attached hydrogens (tertiary/aromatic N) is 1. The number of hydrogen-bond acceptors (Lipinski definition) is 5. The maximum atomic E-state index is 9.69. The Labute approximate surface area is 82.6 Å². The fourth-order valence-electron chi connectivity index (χ4n) is 2.86. The summed E-state index contributed by atoms with van der Waals surface area (Å²) in [6.45, 7) is 1.74. The minimum atomic E-state index is -0.956. The van der Waals surface area contributed by atoms with Crippen molar-refractivity contribution in [3.63, 3.8) is 0 Å². The van der Waals surface area contributed by atoms with Crippen LogP contribution in [-0.4, -0.2) is 68.4 Å². The highest BCUT2D eigenvalue weighted by molar-refractivity contribution is 5.09. The molecule has 2 aliphatic heterocycles. The van der Waals surface area contributed by atoms with Crippen molar-refractivity contribution < 1.29 is 20.4 Å². The molecule has 2 aliphatic rings. The highest BCUT2D eigenvalue weighted by Gasteiger charge is 2.55. The van der Waals surface area contributed by atoms with E-state index >= 15 is 0 Å². The van der Waals surface area contributed by atoms with Crippen molar-refractivity contribution in [3.05, 3.63) is 0 Å². The van der Waals surface area contributed by atoms with E-state index in [4.69, 9.17) is 5.11 Å². The molecule has 5 nitrogen and oxygen atoms in total. The zero-order valence-corrected chi connectivity index (χ0v) is 8.11. The van der Waals surface area contributed by atoms with Gasteiger partial charge in [0.25, 0.3) is 0 Å². The first-order valence-electron chi connectivity index (χ1n) is 5.00. The third-order valence-corrected chi connectivity index (χ3v) is 3.49. The van der Waals surface area contributed by atoms with Crippen molar-refractivity contribution in [3.8, 4) is 0 Å². The summed E-state index contributed by atoms with van der Waals surface area (Å²) in [6.07, 6.45) is -1.92. The van der Waals surface area contributed by atoms with Crippen LogP contribution >= 0.6 is 0 Å². The van der Waals surface area contributed by atoms with Gasteiger partial charge >= 0.3 is 0 Å². The van der Waals surface area contributed by atoms with Crippen LogP contribution in [0.15, 0.2) is 0 Å². The Bertz CT molecular complexity index is 225. The van der Waals surface area contributed by atoms with Gasteiger partial charge in [0.1, 0.15) is 0 Å². The van der Waals surface area contributed by atoms with Crippen molar-refractivity contribution in [2.75, 3.05) is 6.61 Å². The second-order valence-electron chi connectivity index (χ2n) is 4.32. The molecule has 6 atom stereocenters. The van der Waals surface area contributed by atoms with Crippen molar-refractivity contribution >= 4 is 0 Å². The van der Waals surface area contributed by atoms with E-state index in [9.17, 15) is 15.3 Å². The number of aliphatic hydroxyl groups excluding tert-OH is 4. The van der Waals surface area contributed by atoms with Gasteiger partial charge in [0.05, 0.1) is 37.0 Å². The molecule has 0 aromatic carbocycles. The van der Waals surface area contributed by atoms with Gasteiger partial charge in [-0.2, -0.15) is 0 Å². The summed E-state index contributed by atoms with van der Waals surface area (Å²) in [4.78, 5) is 1.83. The Morgan fingerprint density at radius 3 is 2.43 bits per heavy atom. The average molecular weight is 203 g/mol. The molecule has 0 radical (unpaired) electrons. The van der Waals surface area contributed by atoms with Crippen LogP contribution in [0.4, 0.5) is 0 Å². The van der Waals surface area contributed by atoms with E-state index in [2.05, 4.69) is 0 Å². The average Bonchev–Trinajstić information content (AvgIpc) is 2.55. The summed E-state index contributed by atoms with van der Waals surface area (Å²) in [5, 5.41) is 38.1. The van der Waals surface area contributed by atoms with Crippen molar-refractivity contribution in [2.45, 2.75) is 49.8 Å². The molecule has 5 heteroatoms. The van der Waals surface area contributed by atoms with Gasteiger partial charge in [0.2, 0.25) is 0 Å². The van der Waals surface area contributed by atoms with Crippen LogP contribution in [0.25, 0.3) is 0 Å². The molecule has 2 fully saturated rings. The second-order valence-corrected chi connectivity index (χ2v) is 4.32. The SMILES string of the molecule is C[C@H]1C[C@H](O)[C@@H]2[C@H](O)[C@H](O)[C@@H](CO)N21. The highest BCUT2D eigenvalue weighted by atomic mass is 16.3. The van der Waals surface area contributed by atoms with Crippen molar-refractivity contribution in [1.29, 1.82) is 0 Å². The standard InChI is InChI=1S/C9H17NO4/c1-4-2-6(12)7-9(14)8(13)5(3-11)10(4)7/h4-9,11-14H,2-3H2,1H3/t4-,5+,6-,7+,8+,9-/m0/s1. The predicted molar refractivity (Wildman–Crippen MR) is 48.6 cm³/mol. The van der Waals surface area contributed by atoms with Gasteiger partial charge in [-0.05, 0) is 13.3 Å². The first kappa shape index (κ1) is 10.3. The lowest BCUT2D eigenvalue weighted by molar-refractivity contribution is -0.00155. The Morgan fingerprint density at radius 1 is 1.21 bits per heavy atom. The molecular formula is C9H17NO4. The molecule has 0 saturated carbocycles. The van der Waals surface area contributed by atoms with Gasteiger partial charge in [-0.1, -0.05) is 0 Å². The molecule has 14 heavy (non-hydrogen) atoms. The van der Waals surface area contributed by atoms with Crippen LogP contribution in [0.1, 0.15) is 13.3 Å². The highest BCUT2D eigenvalue weighted by Crippen LogP contribution is 2.37. The van der Waals surface area contributed by atoms with E-state index in [1.165, 1.54) is 0 Å². The third-order valence-electron chi connectivity index (χ3n) is 3.49. The van der Waals surface area contributed by atoms with Crippen molar-refractivity contribution in [2.24, 2.45) is 0 Å². The number of fused-ring (bicyclic) bond motifs is 1. The molecule has 0 aromatic heterocycles. The lowest BCUT2D eigenvalue weighted by Gasteiger charge is -2.27. The molecular weight excluding hydrogens is 186 g/mol. The van der Waals surface area contributed by atoms with E-state index < -0.39 is 30.4 Å². The molecule has 2 heterocycles. The van der Waals surface area contributed by atoms with E-state index in [1.807, 2.05) is 11.8 Å². The van der Waals surface area contributed by atoms with Gasteiger partial charge in [0, 0.05) is 6.04 Å². The van der Waals surface area contributed by atoms with Crippen LogP contribution in [0.3, 0.4) is 0 Å². The summed E-state index contributed by atoms with van der Waals surface area (Å²) in [5.41, 5.74) is 0. The molecule has 0 aromatic rings. The number of rotatable bonds is 1. The molecule has 4 N–H and O–H groups in total. The molecule has 82 valence electrons. The number of hydrogen-bond donors (Lipinski definition) is 4. The zero-order valence-electron chi connectivity index (χ0n) is 8.11. The van der Waals surface area contributed by atoms with E-state index in [-0.39, 0.29) is 12.6 Å². The molecule has 0 spiro atoms. The smallest absolute Gasteiger partial charge is 0.0995 e. The summed E-state index contributed by atoms with van der Waals surface area (Å²) in [6, 6.07) is -0.766. The third kappa shape index (κ3) is 1.20. The quantitative estimate of drug-likeness (QED) is 0.392. The van der Waals surface area contributed by atoms with Gasteiger partial charge in [-0.15, -0.1) is 0 Å². The Hall–Kier alpha value is -0.200. The molecule has 2 rings (SSSR count). The minimum Gasteiger partial charge on any atom is -0.395 e. The van der Waals surface area contributed by atoms with E-state index in [0.717, 1.165) is 0 Å². The van der Waals surface area contributed by atoms with Crippen LogP contribution < -0.4 is 0 Å². The minimum absolute atomic E-state index is 0.0962. The predicted octanol–water partition coefficient (Wildman–Crippen LogP) is -2.09. The molecule has 0 amide bonds. The Balaban J connectivity index is 2.25. The molecule has 0 unspecified atom stereocenters. The first-order chi connectivity index (χ1) is 6.57. The van der Waals surface area contributed by atoms with Crippen LogP contribution in [0, 0.1) is 0 Å². The maximum absolute atomic E-state index is 9.69. The Kier molecular flexibility index (Phi) is 2.53. The lowest BCUT2D eigenvalue weighted by atomic mass is 10.0. The van der Waals surface area contributed by atoms with Gasteiger partial charge < -0.3 is 20.4 Å². The van der Waals surface area contributed by atoms with Gasteiger partial charge in [-0.25, -0.2) is 0 Å². The van der Waals surface area contributed by atoms with Crippen LogP contribution in [0.2, 0.25) is 0 Å². The molecule has 0 aliphatic carbocycles. The number of aliphatic hydroxyl groups is 4. The van der Waals surface area contributed by atoms with E-state index in [1.54, 1.807) is 0 Å². The first-order valence-corrected chi connectivity index (χ1v) is 5.00. The summed E-state index contributed by atoms with van der Waals surface area (Å²) in [7, 11) is 0. The topological polar surface area (TPSA) is 84.2 Å². The van der Waals surface area contributed by atoms with Crippen molar-refractivity contribution in [1.82, 2.24) is 4.90 Å². The van der Waals surface area contributed by atoms with Crippen LogP contribution in [0.5, 0.6) is 0 Å². The summed E-state index contributed by atoms with van der Waals surface area (Å²) in [5.74, 6) is 0. The van der Waals surface area contributed by atoms with Crippen LogP contribution in [-0.2, 0) is 0 Å². The maximum Gasteiger partial charge on any atom is 0.0995 e. The van der Waals surface area contributed by atoms with Gasteiger partial charge in [0.15, 0.2) is 0 Å². The Morgan fingerprint density at radius 2 is 1.86 bits per heavy atom. The second kappa shape index (κ2) is 3.43. The fraction of sp³-hybridized carbons (Fsp3) is 1.00. The largest absolute Gasteiger partial charge is 0.395 e. The summed E-state index contributed by atoms with van der Waals surface area (Å²) >= 11 is 0. The zero-order chi connectivity index (χ0) is 10.5. The summed E-state index contributed by atoms with van der Waals surface area (Å²) < 4.78 is 0.